The van der Waals surface area contributed by atoms with Crippen LogP contribution in [0.5, 0.6) is 0 Å². The lowest BCUT2D eigenvalue weighted by molar-refractivity contribution is -0.132. The molecule has 0 spiro atoms. The average Bonchev–Trinajstić information content (AvgIpc) is 3.33. The second-order valence-electron chi connectivity index (χ2n) is 7.13. The molecule has 4 rings (SSSR count). The van der Waals surface area contributed by atoms with Crippen molar-refractivity contribution in [2.75, 3.05) is 26.2 Å². The summed E-state index contributed by atoms with van der Waals surface area (Å²) >= 11 is 0. The molecule has 0 saturated carbocycles. The fourth-order valence-electron chi connectivity index (χ4n) is 4.19. The summed E-state index contributed by atoms with van der Waals surface area (Å²) in [6.45, 7) is 4.55. The molecule has 1 aromatic heterocycles. The van der Waals surface area contributed by atoms with Gasteiger partial charge in [-0.2, -0.15) is 0 Å². The molecular formula is C19H25N3O3. The molecule has 134 valence electrons. The van der Waals surface area contributed by atoms with Crippen molar-refractivity contribution in [2.24, 2.45) is 0 Å². The van der Waals surface area contributed by atoms with E-state index in [9.17, 15) is 9.59 Å². The van der Waals surface area contributed by atoms with E-state index in [-0.39, 0.29) is 11.7 Å². The number of likely N-dealkylation sites (tertiary alicyclic amines) is 2. The van der Waals surface area contributed by atoms with Gasteiger partial charge in [-0.3, -0.25) is 9.36 Å². The van der Waals surface area contributed by atoms with E-state index in [2.05, 4.69) is 4.90 Å². The number of rotatable bonds is 5. The zero-order valence-corrected chi connectivity index (χ0v) is 14.5. The maximum atomic E-state index is 12.7. The molecule has 0 N–H and O–H groups in total. The zero-order chi connectivity index (χ0) is 17.2. The SMILES string of the molecule is O=C(CCn1c(=O)oc2ccccc21)N1CCC[C@H]1CN1CCCC1. The average molecular weight is 343 g/mol. The molecule has 2 saturated heterocycles. The smallest absolute Gasteiger partial charge is 0.408 e. The lowest BCUT2D eigenvalue weighted by Crippen LogP contribution is -2.42. The number of hydrogen-bond acceptors (Lipinski definition) is 4. The molecule has 2 aliphatic rings. The first-order chi connectivity index (χ1) is 12.2. The van der Waals surface area contributed by atoms with Gasteiger partial charge in [-0.05, 0) is 50.9 Å². The van der Waals surface area contributed by atoms with E-state index in [1.54, 1.807) is 10.6 Å². The van der Waals surface area contributed by atoms with Gasteiger partial charge in [0.2, 0.25) is 5.91 Å². The summed E-state index contributed by atoms with van der Waals surface area (Å²) in [5.41, 5.74) is 1.34. The van der Waals surface area contributed by atoms with Crippen molar-refractivity contribution < 1.29 is 9.21 Å². The number of aromatic nitrogens is 1. The summed E-state index contributed by atoms with van der Waals surface area (Å²) in [6, 6.07) is 7.69. The normalized spacial score (nSPS) is 21.4. The fraction of sp³-hybridized carbons (Fsp3) is 0.579. The number of hydrogen-bond donors (Lipinski definition) is 0. The highest BCUT2D eigenvalue weighted by atomic mass is 16.4. The van der Waals surface area contributed by atoms with Crippen LogP contribution in [0.1, 0.15) is 32.1 Å². The predicted molar refractivity (Wildman–Crippen MR) is 95.5 cm³/mol. The Morgan fingerprint density at radius 1 is 1.12 bits per heavy atom. The van der Waals surface area contributed by atoms with E-state index < -0.39 is 0 Å². The van der Waals surface area contributed by atoms with Crippen LogP contribution >= 0.6 is 0 Å². The van der Waals surface area contributed by atoms with Crippen LogP contribution in [0.15, 0.2) is 33.5 Å². The lowest BCUT2D eigenvalue weighted by Gasteiger charge is -2.28. The molecule has 1 amide bonds. The van der Waals surface area contributed by atoms with E-state index in [4.69, 9.17) is 4.42 Å². The molecular weight excluding hydrogens is 318 g/mol. The minimum atomic E-state index is -0.385. The summed E-state index contributed by atoms with van der Waals surface area (Å²) in [4.78, 5) is 29.3. The zero-order valence-electron chi connectivity index (χ0n) is 14.5. The number of aryl methyl sites for hydroxylation is 1. The Labute approximate surface area is 147 Å². The van der Waals surface area contributed by atoms with Crippen molar-refractivity contribution in [2.45, 2.75) is 44.7 Å². The van der Waals surface area contributed by atoms with E-state index in [1.807, 2.05) is 23.1 Å². The molecule has 0 radical (unpaired) electrons. The molecule has 0 aliphatic carbocycles. The van der Waals surface area contributed by atoms with Crippen molar-refractivity contribution in [1.82, 2.24) is 14.4 Å². The van der Waals surface area contributed by atoms with E-state index >= 15 is 0 Å². The lowest BCUT2D eigenvalue weighted by atomic mass is 10.2. The molecule has 3 heterocycles. The summed E-state index contributed by atoms with van der Waals surface area (Å²) in [6.07, 6.45) is 5.07. The number of carbonyl (C=O) groups is 1. The Kier molecular flexibility index (Phi) is 4.61. The van der Waals surface area contributed by atoms with Crippen LogP contribution in [-0.2, 0) is 11.3 Å². The Hall–Kier alpha value is -2.08. The van der Waals surface area contributed by atoms with Gasteiger partial charge in [0.25, 0.3) is 0 Å². The van der Waals surface area contributed by atoms with Crippen LogP contribution in [0.3, 0.4) is 0 Å². The highest BCUT2D eigenvalue weighted by Gasteiger charge is 2.30. The third kappa shape index (κ3) is 3.35. The van der Waals surface area contributed by atoms with Gasteiger partial charge in [0.1, 0.15) is 0 Å². The standard InChI is InChI=1S/C19H25N3O3/c23-18(21-12-5-6-15(21)14-20-10-3-4-11-20)9-13-22-16-7-1-2-8-17(16)25-19(22)24/h1-2,7-8,15H,3-6,9-14H2/t15-/m0/s1. The van der Waals surface area contributed by atoms with Crippen LogP contribution in [0.4, 0.5) is 0 Å². The molecule has 2 fully saturated rings. The monoisotopic (exact) mass is 343 g/mol. The van der Waals surface area contributed by atoms with Gasteiger partial charge in [-0.15, -0.1) is 0 Å². The molecule has 1 atom stereocenters. The topological polar surface area (TPSA) is 58.7 Å². The Morgan fingerprint density at radius 2 is 1.92 bits per heavy atom. The largest absolute Gasteiger partial charge is 0.419 e. The number of amides is 1. The first kappa shape index (κ1) is 16.4. The molecule has 2 aromatic rings. The number of benzene rings is 1. The van der Waals surface area contributed by atoms with Gasteiger partial charge in [0, 0.05) is 32.1 Å². The molecule has 2 aliphatic heterocycles. The Balaban J connectivity index is 1.40. The number of carbonyl (C=O) groups excluding carboxylic acids is 1. The highest BCUT2D eigenvalue weighted by Crippen LogP contribution is 2.21. The maximum Gasteiger partial charge on any atom is 0.419 e. The van der Waals surface area contributed by atoms with Crippen molar-refractivity contribution in [3.63, 3.8) is 0 Å². The minimum Gasteiger partial charge on any atom is -0.408 e. The van der Waals surface area contributed by atoms with Gasteiger partial charge < -0.3 is 14.2 Å². The van der Waals surface area contributed by atoms with Crippen molar-refractivity contribution in [3.05, 3.63) is 34.8 Å². The van der Waals surface area contributed by atoms with Gasteiger partial charge in [-0.25, -0.2) is 4.79 Å². The third-order valence-electron chi connectivity index (χ3n) is 5.49. The number of fused-ring (bicyclic) bond motifs is 1. The van der Waals surface area contributed by atoms with E-state index in [0.29, 0.717) is 24.6 Å². The molecule has 0 bridgehead atoms. The van der Waals surface area contributed by atoms with Crippen molar-refractivity contribution in [1.29, 1.82) is 0 Å². The van der Waals surface area contributed by atoms with Crippen LogP contribution < -0.4 is 5.76 Å². The molecule has 1 aromatic carbocycles. The summed E-state index contributed by atoms with van der Waals surface area (Å²) < 4.78 is 6.81. The fourth-order valence-corrected chi connectivity index (χ4v) is 4.19. The van der Waals surface area contributed by atoms with Crippen LogP contribution in [0.25, 0.3) is 11.1 Å². The highest BCUT2D eigenvalue weighted by molar-refractivity contribution is 5.77. The Morgan fingerprint density at radius 3 is 2.76 bits per heavy atom. The quantitative estimate of drug-likeness (QED) is 0.834. The second kappa shape index (κ2) is 7.04. The molecule has 6 nitrogen and oxygen atoms in total. The maximum absolute atomic E-state index is 12.7. The first-order valence-corrected chi connectivity index (χ1v) is 9.32. The van der Waals surface area contributed by atoms with E-state index in [1.165, 1.54) is 12.8 Å². The van der Waals surface area contributed by atoms with E-state index in [0.717, 1.165) is 44.5 Å². The van der Waals surface area contributed by atoms with Crippen molar-refractivity contribution >= 4 is 17.0 Å². The molecule has 0 unspecified atom stereocenters. The van der Waals surface area contributed by atoms with Crippen LogP contribution in [-0.4, -0.2) is 52.5 Å². The van der Waals surface area contributed by atoms with Gasteiger partial charge in [-0.1, -0.05) is 12.1 Å². The number of para-hydroxylation sites is 2. The minimum absolute atomic E-state index is 0.152. The summed E-state index contributed by atoms with van der Waals surface area (Å²) in [7, 11) is 0. The second-order valence-corrected chi connectivity index (χ2v) is 7.13. The first-order valence-electron chi connectivity index (χ1n) is 9.32. The van der Waals surface area contributed by atoms with Gasteiger partial charge >= 0.3 is 5.76 Å². The summed E-state index contributed by atoms with van der Waals surface area (Å²) in [5.74, 6) is -0.233. The van der Waals surface area contributed by atoms with Crippen molar-refractivity contribution in [3.8, 4) is 0 Å². The number of oxazole rings is 1. The number of nitrogens with zero attached hydrogens (tertiary/aromatic N) is 3. The molecule has 6 heteroatoms. The molecule has 25 heavy (non-hydrogen) atoms. The summed E-state index contributed by atoms with van der Waals surface area (Å²) in [5, 5.41) is 0. The Bertz CT molecular complexity index is 804. The third-order valence-corrected chi connectivity index (χ3v) is 5.49. The van der Waals surface area contributed by atoms with Gasteiger partial charge in [0.05, 0.1) is 5.52 Å². The van der Waals surface area contributed by atoms with Crippen LogP contribution in [0.2, 0.25) is 0 Å². The predicted octanol–water partition coefficient (Wildman–Crippen LogP) is 2.07. The van der Waals surface area contributed by atoms with Crippen LogP contribution in [0, 0.1) is 0 Å². The van der Waals surface area contributed by atoms with Gasteiger partial charge in [0.15, 0.2) is 5.58 Å².